The van der Waals surface area contributed by atoms with Crippen molar-refractivity contribution >= 4 is 15.7 Å². The van der Waals surface area contributed by atoms with Crippen LogP contribution in [0.2, 0.25) is 0 Å². The van der Waals surface area contributed by atoms with Gasteiger partial charge in [0.05, 0.1) is 5.75 Å². The lowest BCUT2D eigenvalue weighted by Gasteiger charge is -2.04. The summed E-state index contributed by atoms with van der Waals surface area (Å²) in [6.45, 7) is 0. The zero-order chi connectivity index (χ0) is 10.6. The van der Waals surface area contributed by atoms with Gasteiger partial charge in [0.25, 0.3) is 0 Å². The van der Waals surface area contributed by atoms with Crippen LogP contribution in [0.25, 0.3) is 0 Å². The quantitative estimate of drug-likeness (QED) is 0.488. The fourth-order valence-electron chi connectivity index (χ4n) is 0.989. The van der Waals surface area contributed by atoms with Crippen molar-refractivity contribution in [2.75, 3.05) is 12.5 Å². The molecule has 0 radical (unpaired) electrons. The molecule has 0 unspecified atom stereocenters. The van der Waals surface area contributed by atoms with Crippen LogP contribution in [0, 0.1) is 0 Å². The van der Waals surface area contributed by atoms with E-state index in [4.69, 9.17) is 5.84 Å². The van der Waals surface area contributed by atoms with Gasteiger partial charge >= 0.3 is 0 Å². The molecule has 14 heavy (non-hydrogen) atoms. The Morgan fingerprint density at radius 1 is 1.29 bits per heavy atom. The van der Waals surface area contributed by atoms with E-state index in [2.05, 4.69) is 10.1 Å². The minimum Gasteiger partial charge on any atom is -0.324 e. The van der Waals surface area contributed by atoms with Gasteiger partial charge in [-0.25, -0.2) is 13.1 Å². The first-order valence-electron chi connectivity index (χ1n) is 4.04. The van der Waals surface area contributed by atoms with Gasteiger partial charge in [0.1, 0.15) is 0 Å². The second-order valence-corrected chi connectivity index (χ2v) is 4.73. The van der Waals surface area contributed by atoms with Gasteiger partial charge in [-0.2, -0.15) is 0 Å². The van der Waals surface area contributed by atoms with Crippen LogP contribution in [0.15, 0.2) is 24.3 Å². The fraction of sp³-hybridized carbons (Fsp3) is 0.250. The van der Waals surface area contributed by atoms with Crippen molar-refractivity contribution in [2.24, 2.45) is 5.84 Å². The van der Waals surface area contributed by atoms with Gasteiger partial charge in [0, 0.05) is 5.69 Å². The molecule has 0 fully saturated rings. The molecule has 5 nitrogen and oxygen atoms in total. The molecular weight excluding hydrogens is 202 g/mol. The van der Waals surface area contributed by atoms with Crippen molar-refractivity contribution in [1.82, 2.24) is 4.72 Å². The van der Waals surface area contributed by atoms with E-state index in [9.17, 15) is 8.42 Å². The number of hydrazine groups is 1. The SMILES string of the molecule is CNS(=O)(=O)Cc1ccc(NN)cc1. The molecule has 0 saturated heterocycles. The summed E-state index contributed by atoms with van der Waals surface area (Å²) in [5, 5.41) is 0. The standard InChI is InChI=1S/C8H13N3O2S/c1-10-14(12,13)6-7-2-4-8(11-9)5-3-7/h2-5,10-11H,6,9H2,1H3. The molecular formula is C8H13N3O2S. The van der Waals surface area contributed by atoms with Gasteiger partial charge in [0.2, 0.25) is 10.0 Å². The molecule has 78 valence electrons. The smallest absolute Gasteiger partial charge is 0.215 e. The summed E-state index contributed by atoms with van der Waals surface area (Å²) < 4.78 is 24.6. The lowest BCUT2D eigenvalue weighted by atomic mass is 10.2. The second kappa shape index (κ2) is 4.41. The van der Waals surface area contributed by atoms with E-state index in [1.54, 1.807) is 24.3 Å². The summed E-state index contributed by atoms with van der Waals surface area (Å²) in [6.07, 6.45) is 0. The van der Waals surface area contributed by atoms with Crippen molar-refractivity contribution in [3.63, 3.8) is 0 Å². The van der Waals surface area contributed by atoms with Crippen molar-refractivity contribution in [3.8, 4) is 0 Å². The molecule has 1 rings (SSSR count). The summed E-state index contributed by atoms with van der Waals surface area (Å²) in [5.41, 5.74) is 3.93. The number of hydrogen-bond donors (Lipinski definition) is 3. The molecule has 0 aliphatic heterocycles. The molecule has 0 aliphatic rings. The molecule has 0 spiro atoms. The number of anilines is 1. The van der Waals surface area contributed by atoms with Crippen molar-refractivity contribution in [2.45, 2.75) is 5.75 Å². The van der Waals surface area contributed by atoms with Gasteiger partial charge in [-0.3, -0.25) is 5.84 Å². The number of rotatable bonds is 4. The summed E-state index contributed by atoms with van der Waals surface area (Å²) in [5.74, 6) is 5.15. The van der Waals surface area contributed by atoms with Gasteiger partial charge in [0.15, 0.2) is 0 Å². The summed E-state index contributed by atoms with van der Waals surface area (Å²) in [4.78, 5) is 0. The Hall–Kier alpha value is -1.11. The molecule has 0 aromatic heterocycles. The maximum absolute atomic E-state index is 11.2. The Kier molecular flexibility index (Phi) is 3.45. The topological polar surface area (TPSA) is 84.2 Å². The predicted molar refractivity (Wildman–Crippen MR) is 55.9 cm³/mol. The summed E-state index contributed by atoms with van der Waals surface area (Å²) in [7, 11) is -1.80. The van der Waals surface area contributed by atoms with E-state index in [0.717, 1.165) is 11.3 Å². The molecule has 4 N–H and O–H groups in total. The van der Waals surface area contributed by atoms with Crippen LogP contribution in [0.5, 0.6) is 0 Å². The first-order chi connectivity index (χ1) is 6.57. The van der Waals surface area contributed by atoms with Crippen LogP contribution in [-0.4, -0.2) is 15.5 Å². The normalized spacial score (nSPS) is 11.3. The van der Waals surface area contributed by atoms with Crippen molar-refractivity contribution in [1.29, 1.82) is 0 Å². The molecule has 0 bridgehead atoms. The molecule has 1 aromatic rings. The molecule has 0 aliphatic carbocycles. The molecule has 6 heteroatoms. The monoisotopic (exact) mass is 215 g/mol. The summed E-state index contributed by atoms with van der Waals surface area (Å²) >= 11 is 0. The number of nitrogen functional groups attached to an aromatic ring is 1. The van der Waals surface area contributed by atoms with E-state index in [0.29, 0.717) is 0 Å². The minimum absolute atomic E-state index is 0.0195. The minimum atomic E-state index is -3.19. The highest BCUT2D eigenvalue weighted by Gasteiger charge is 2.07. The van der Waals surface area contributed by atoms with E-state index >= 15 is 0 Å². The van der Waals surface area contributed by atoms with Gasteiger partial charge in [-0.1, -0.05) is 12.1 Å². The van der Waals surface area contributed by atoms with Crippen LogP contribution in [0.3, 0.4) is 0 Å². The van der Waals surface area contributed by atoms with E-state index in [1.165, 1.54) is 7.05 Å². The highest BCUT2D eigenvalue weighted by atomic mass is 32.2. The van der Waals surface area contributed by atoms with Crippen LogP contribution >= 0.6 is 0 Å². The summed E-state index contributed by atoms with van der Waals surface area (Å²) in [6, 6.07) is 6.87. The van der Waals surface area contributed by atoms with Gasteiger partial charge < -0.3 is 5.43 Å². The molecule has 1 aromatic carbocycles. The lowest BCUT2D eigenvalue weighted by molar-refractivity contribution is 0.587. The third kappa shape index (κ3) is 2.99. The number of sulfonamides is 1. The van der Waals surface area contributed by atoms with Crippen LogP contribution in [0.1, 0.15) is 5.56 Å². The molecule has 0 amide bonds. The van der Waals surface area contributed by atoms with Crippen molar-refractivity contribution in [3.05, 3.63) is 29.8 Å². The van der Waals surface area contributed by atoms with E-state index in [1.807, 2.05) is 0 Å². The van der Waals surface area contributed by atoms with Gasteiger partial charge in [-0.15, -0.1) is 0 Å². The van der Waals surface area contributed by atoms with Crippen LogP contribution in [-0.2, 0) is 15.8 Å². The maximum Gasteiger partial charge on any atom is 0.215 e. The van der Waals surface area contributed by atoms with Gasteiger partial charge in [-0.05, 0) is 24.7 Å². The number of nitrogens with two attached hydrogens (primary N) is 1. The average Bonchev–Trinajstić information content (AvgIpc) is 2.19. The first-order valence-corrected chi connectivity index (χ1v) is 5.69. The fourth-order valence-corrected chi connectivity index (χ4v) is 1.76. The average molecular weight is 215 g/mol. The Morgan fingerprint density at radius 2 is 1.86 bits per heavy atom. The largest absolute Gasteiger partial charge is 0.324 e. The molecule has 0 atom stereocenters. The Morgan fingerprint density at radius 3 is 2.29 bits per heavy atom. The molecule has 0 heterocycles. The first kappa shape index (κ1) is 11.0. The highest BCUT2D eigenvalue weighted by Crippen LogP contribution is 2.10. The van der Waals surface area contributed by atoms with E-state index < -0.39 is 10.0 Å². The number of benzene rings is 1. The Bertz CT molecular complexity index is 386. The van der Waals surface area contributed by atoms with Crippen LogP contribution < -0.4 is 16.0 Å². The third-order valence-corrected chi connectivity index (χ3v) is 3.12. The van der Waals surface area contributed by atoms with Crippen LogP contribution in [0.4, 0.5) is 5.69 Å². The number of nitrogens with one attached hydrogen (secondary N) is 2. The third-order valence-electron chi connectivity index (χ3n) is 1.79. The Balaban J connectivity index is 2.79. The zero-order valence-corrected chi connectivity index (χ0v) is 8.64. The maximum atomic E-state index is 11.2. The number of hydrogen-bond acceptors (Lipinski definition) is 4. The highest BCUT2D eigenvalue weighted by molar-refractivity contribution is 7.88. The Labute approximate surface area is 83.3 Å². The predicted octanol–water partition coefficient (Wildman–Crippen LogP) is 0.0214. The molecule has 0 saturated carbocycles. The second-order valence-electron chi connectivity index (χ2n) is 2.80. The van der Waals surface area contributed by atoms with Crippen molar-refractivity contribution < 1.29 is 8.42 Å². The lowest BCUT2D eigenvalue weighted by Crippen LogP contribution is -2.20. The van der Waals surface area contributed by atoms with E-state index in [-0.39, 0.29) is 5.75 Å². The zero-order valence-electron chi connectivity index (χ0n) is 7.82.